The highest BCUT2D eigenvalue weighted by Crippen LogP contribution is 2.26. The Hall–Kier alpha value is -1.30. The predicted molar refractivity (Wildman–Crippen MR) is 59.5 cm³/mol. The molecule has 0 bridgehead atoms. The first-order chi connectivity index (χ1) is 8.51. The molecule has 0 saturated heterocycles. The van der Waals surface area contributed by atoms with Crippen LogP contribution in [0.3, 0.4) is 0 Å². The van der Waals surface area contributed by atoms with Crippen LogP contribution < -0.4 is 10.1 Å². The molecule has 1 atom stereocenters. The van der Waals surface area contributed by atoms with Crippen molar-refractivity contribution in [3.05, 3.63) is 29.3 Å². The van der Waals surface area contributed by atoms with Gasteiger partial charge < -0.3 is 10.1 Å². The number of rotatable bonds is 6. The molecule has 0 saturated carbocycles. The first-order valence-electron chi connectivity index (χ1n) is 5.64. The van der Waals surface area contributed by atoms with Gasteiger partial charge in [0.2, 0.25) is 11.6 Å². The SMILES string of the molecule is CCCC(COc1c(F)c(F)cc(F)c1F)NC. The number of halogens is 4. The Balaban J connectivity index is 2.84. The van der Waals surface area contributed by atoms with Crippen LogP contribution in [0.1, 0.15) is 19.8 Å². The van der Waals surface area contributed by atoms with Crippen LogP contribution in [0, 0.1) is 23.3 Å². The first kappa shape index (κ1) is 14.8. The van der Waals surface area contributed by atoms with E-state index in [1.807, 2.05) is 6.92 Å². The maximum atomic E-state index is 13.3. The van der Waals surface area contributed by atoms with Gasteiger partial charge in [-0.05, 0) is 13.5 Å². The number of hydrogen-bond donors (Lipinski definition) is 1. The molecule has 1 aromatic carbocycles. The molecule has 18 heavy (non-hydrogen) atoms. The number of likely N-dealkylation sites (N-methyl/N-ethyl adjacent to an activating group) is 1. The largest absolute Gasteiger partial charge is 0.486 e. The first-order valence-corrected chi connectivity index (χ1v) is 5.64. The molecule has 0 aromatic heterocycles. The number of hydrogen-bond acceptors (Lipinski definition) is 2. The van der Waals surface area contributed by atoms with Crippen molar-refractivity contribution in [1.82, 2.24) is 5.32 Å². The van der Waals surface area contributed by atoms with Gasteiger partial charge in [-0.3, -0.25) is 0 Å². The Morgan fingerprint density at radius 1 is 1.17 bits per heavy atom. The molecule has 0 aliphatic rings. The summed E-state index contributed by atoms with van der Waals surface area (Å²) < 4.78 is 57.1. The van der Waals surface area contributed by atoms with E-state index in [0.29, 0.717) is 0 Å². The molecule has 6 heteroatoms. The third-order valence-corrected chi connectivity index (χ3v) is 2.55. The highest BCUT2D eigenvalue weighted by atomic mass is 19.2. The second kappa shape index (κ2) is 6.58. The Morgan fingerprint density at radius 3 is 2.17 bits per heavy atom. The third-order valence-electron chi connectivity index (χ3n) is 2.55. The van der Waals surface area contributed by atoms with Gasteiger partial charge in [-0.2, -0.15) is 8.78 Å². The standard InChI is InChI=1S/C12H15F4NO/c1-3-4-7(17-2)6-18-12-10(15)8(13)5-9(14)11(12)16/h5,7,17H,3-4,6H2,1-2H3. The van der Waals surface area contributed by atoms with E-state index in [1.54, 1.807) is 7.05 Å². The van der Waals surface area contributed by atoms with Crippen molar-refractivity contribution in [2.24, 2.45) is 0 Å². The van der Waals surface area contributed by atoms with Gasteiger partial charge in [-0.1, -0.05) is 13.3 Å². The lowest BCUT2D eigenvalue weighted by Gasteiger charge is -2.17. The zero-order chi connectivity index (χ0) is 13.7. The van der Waals surface area contributed by atoms with E-state index in [-0.39, 0.29) is 18.7 Å². The van der Waals surface area contributed by atoms with Gasteiger partial charge >= 0.3 is 0 Å². The van der Waals surface area contributed by atoms with Gasteiger partial charge in [0.15, 0.2) is 17.4 Å². The van der Waals surface area contributed by atoms with Crippen LogP contribution >= 0.6 is 0 Å². The second-order valence-electron chi connectivity index (χ2n) is 3.88. The molecule has 0 aliphatic carbocycles. The summed E-state index contributed by atoms with van der Waals surface area (Å²) in [6.07, 6.45) is 1.56. The predicted octanol–water partition coefficient (Wildman–Crippen LogP) is 3.01. The lowest BCUT2D eigenvalue weighted by molar-refractivity contribution is 0.233. The topological polar surface area (TPSA) is 21.3 Å². The summed E-state index contributed by atoms with van der Waals surface area (Å²) in [5.74, 6) is -6.98. The van der Waals surface area contributed by atoms with Crippen molar-refractivity contribution < 1.29 is 22.3 Å². The van der Waals surface area contributed by atoms with E-state index in [9.17, 15) is 17.6 Å². The Kier molecular flexibility index (Phi) is 5.40. The summed E-state index contributed by atoms with van der Waals surface area (Å²) in [5, 5.41) is 2.88. The van der Waals surface area contributed by atoms with Crippen LogP contribution in [0.25, 0.3) is 0 Å². The summed E-state index contributed by atoms with van der Waals surface area (Å²) >= 11 is 0. The van der Waals surface area contributed by atoms with E-state index in [0.717, 1.165) is 12.8 Å². The molecule has 1 aromatic rings. The molecule has 1 rings (SSSR count). The quantitative estimate of drug-likeness (QED) is 0.630. The van der Waals surface area contributed by atoms with Gasteiger partial charge in [-0.25, -0.2) is 8.78 Å². The van der Waals surface area contributed by atoms with E-state index < -0.39 is 29.0 Å². The van der Waals surface area contributed by atoms with Gasteiger partial charge in [0.05, 0.1) is 0 Å². The fourth-order valence-electron chi connectivity index (χ4n) is 1.52. The molecule has 102 valence electrons. The van der Waals surface area contributed by atoms with Crippen molar-refractivity contribution in [2.45, 2.75) is 25.8 Å². The van der Waals surface area contributed by atoms with E-state index >= 15 is 0 Å². The summed E-state index contributed by atoms with van der Waals surface area (Å²) in [6, 6.07) is 0.0131. The molecule has 1 N–H and O–H groups in total. The van der Waals surface area contributed by atoms with Crippen molar-refractivity contribution in [2.75, 3.05) is 13.7 Å². The summed E-state index contributed by atoms with van der Waals surface area (Å²) in [5.41, 5.74) is 0. The molecule has 0 amide bonds. The van der Waals surface area contributed by atoms with Crippen molar-refractivity contribution >= 4 is 0 Å². The number of ether oxygens (including phenoxy) is 1. The second-order valence-corrected chi connectivity index (χ2v) is 3.88. The smallest absolute Gasteiger partial charge is 0.203 e. The van der Waals surface area contributed by atoms with E-state index in [4.69, 9.17) is 4.74 Å². The fraction of sp³-hybridized carbons (Fsp3) is 0.500. The van der Waals surface area contributed by atoms with Gasteiger partial charge in [0.1, 0.15) is 6.61 Å². The average molecular weight is 265 g/mol. The zero-order valence-electron chi connectivity index (χ0n) is 10.2. The monoisotopic (exact) mass is 265 g/mol. The Morgan fingerprint density at radius 2 is 1.72 bits per heavy atom. The molecule has 0 aliphatic heterocycles. The normalized spacial score (nSPS) is 12.6. The molecule has 0 spiro atoms. The molecule has 0 radical (unpaired) electrons. The van der Waals surface area contributed by atoms with Crippen LogP contribution in [-0.4, -0.2) is 19.7 Å². The van der Waals surface area contributed by atoms with Crippen LogP contribution in [-0.2, 0) is 0 Å². The number of nitrogens with one attached hydrogen (secondary N) is 1. The lowest BCUT2D eigenvalue weighted by atomic mass is 10.2. The third kappa shape index (κ3) is 3.35. The molecule has 1 unspecified atom stereocenters. The summed E-state index contributed by atoms with van der Waals surface area (Å²) in [7, 11) is 1.67. The summed E-state index contributed by atoms with van der Waals surface area (Å²) in [6.45, 7) is 1.87. The van der Waals surface area contributed by atoms with Gasteiger partial charge in [-0.15, -0.1) is 0 Å². The zero-order valence-corrected chi connectivity index (χ0v) is 10.2. The molecular formula is C12H15F4NO. The van der Waals surface area contributed by atoms with Crippen LogP contribution in [0.15, 0.2) is 6.07 Å². The molecule has 0 fully saturated rings. The highest BCUT2D eigenvalue weighted by molar-refractivity contribution is 5.28. The van der Waals surface area contributed by atoms with Crippen LogP contribution in [0.2, 0.25) is 0 Å². The number of benzene rings is 1. The van der Waals surface area contributed by atoms with Crippen molar-refractivity contribution in [3.8, 4) is 5.75 Å². The highest BCUT2D eigenvalue weighted by Gasteiger charge is 2.21. The lowest BCUT2D eigenvalue weighted by Crippen LogP contribution is -2.31. The molecular weight excluding hydrogens is 250 g/mol. The van der Waals surface area contributed by atoms with E-state index in [1.165, 1.54) is 0 Å². The minimum Gasteiger partial charge on any atom is -0.486 e. The van der Waals surface area contributed by atoms with Crippen LogP contribution in [0.5, 0.6) is 5.75 Å². The van der Waals surface area contributed by atoms with E-state index in [2.05, 4.69) is 5.32 Å². The van der Waals surface area contributed by atoms with Crippen molar-refractivity contribution in [1.29, 1.82) is 0 Å². The average Bonchev–Trinajstić information content (AvgIpc) is 2.35. The Labute approximate surface area is 103 Å². The summed E-state index contributed by atoms with van der Waals surface area (Å²) in [4.78, 5) is 0. The minimum atomic E-state index is -1.51. The Bertz CT molecular complexity index is 385. The van der Waals surface area contributed by atoms with Crippen molar-refractivity contribution in [3.63, 3.8) is 0 Å². The van der Waals surface area contributed by atoms with Gasteiger partial charge in [0, 0.05) is 12.1 Å². The molecule has 2 nitrogen and oxygen atoms in total. The fourth-order valence-corrected chi connectivity index (χ4v) is 1.52. The van der Waals surface area contributed by atoms with Gasteiger partial charge in [0.25, 0.3) is 0 Å². The molecule has 0 heterocycles. The maximum absolute atomic E-state index is 13.3. The maximum Gasteiger partial charge on any atom is 0.203 e. The minimum absolute atomic E-state index is 0.0684. The van der Waals surface area contributed by atoms with Crippen LogP contribution in [0.4, 0.5) is 17.6 Å².